The van der Waals surface area contributed by atoms with Crippen LogP contribution in [0.25, 0.3) is 0 Å². The number of amides is 2. The molecule has 0 unspecified atom stereocenters. The Labute approximate surface area is 145 Å². The van der Waals surface area contributed by atoms with Crippen molar-refractivity contribution in [1.29, 1.82) is 0 Å². The molecule has 7 heteroatoms. The van der Waals surface area contributed by atoms with Gasteiger partial charge in [0.1, 0.15) is 17.5 Å². The summed E-state index contributed by atoms with van der Waals surface area (Å²) in [5.41, 5.74) is 6.56. The van der Waals surface area contributed by atoms with Gasteiger partial charge in [0.2, 0.25) is 5.91 Å². The number of benzene rings is 1. The molecule has 0 saturated heterocycles. The summed E-state index contributed by atoms with van der Waals surface area (Å²) in [6, 6.07) is 12.1. The van der Waals surface area contributed by atoms with Gasteiger partial charge >= 0.3 is 0 Å². The maximum atomic E-state index is 12.8. The normalized spacial score (nSPS) is 16.6. The topological polar surface area (TPSA) is 92.1 Å². The summed E-state index contributed by atoms with van der Waals surface area (Å²) in [6.07, 6.45) is 1.76. The number of nitrogens with two attached hydrogens (primary N) is 1. The third kappa shape index (κ3) is 3.55. The van der Waals surface area contributed by atoms with Gasteiger partial charge in [-0.3, -0.25) is 14.6 Å². The number of primary amides is 1. The average molecular weight is 340 g/mol. The molecule has 0 saturated carbocycles. The maximum absolute atomic E-state index is 12.8. The molecule has 0 radical (unpaired) electrons. The predicted molar refractivity (Wildman–Crippen MR) is 93.8 cm³/mol. The molecule has 1 aliphatic rings. The van der Waals surface area contributed by atoms with Crippen molar-refractivity contribution in [2.75, 3.05) is 11.6 Å². The van der Waals surface area contributed by atoms with E-state index in [0.717, 1.165) is 5.69 Å². The van der Waals surface area contributed by atoms with Gasteiger partial charge in [0.25, 0.3) is 5.91 Å². The third-order valence-corrected chi connectivity index (χ3v) is 4.10. The Kier molecular flexibility index (Phi) is 4.83. The van der Waals surface area contributed by atoms with Crippen LogP contribution in [-0.2, 0) is 16.1 Å². The molecule has 0 bridgehead atoms. The molecule has 25 heavy (non-hydrogen) atoms. The highest BCUT2D eigenvalue weighted by Crippen LogP contribution is 2.25. The number of hydrazone groups is 1. The van der Waals surface area contributed by atoms with E-state index in [1.165, 1.54) is 5.01 Å². The summed E-state index contributed by atoms with van der Waals surface area (Å²) in [6.45, 7) is 2.75. The molecule has 0 aliphatic carbocycles. The number of rotatable bonds is 6. The van der Waals surface area contributed by atoms with E-state index in [1.54, 1.807) is 17.2 Å². The van der Waals surface area contributed by atoms with Gasteiger partial charge in [-0.15, -0.1) is 0 Å². The van der Waals surface area contributed by atoms with Crippen molar-refractivity contribution in [1.82, 2.24) is 4.90 Å². The lowest BCUT2D eigenvalue weighted by atomic mass is 10.1. The zero-order chi connectivity index (χ0) is 17.8. The molecule has 3 rings (SSSR count). The second-order valence-electron chi connectivity index (χ2n) is 5.75. The minimum absolute atomic E-state index is 0.192. The fourth-order valence-electron chi connectivity index (χ4n) is 2.78. The molecular weight excluding hydrogens is 320 g/mol. The third-order valence-electron chi connectivity index (χ3n) is 4.10. The number of hydrogen-bond acceptors (Lipinski definition) is 5. The fraction of sp³-hybridized carbons (Fsp3) is 0.278. The van der Waals surface area contributed by atoms with Crippen LogP contribution in [0.5, 0.6) is 0 Å². The number of anilines is 1. The van der Waals surface area contributed by atoms with Gasteiger partial charge < -0.3 is 15.1 Å². The molecule has 0 fully saturated rings. The summed E-state index contributed by atoms with van der Waals surface area (Å²) in [5.74, 6) is -0.0340. The lowest BCUT2D eigenvalue weighted by molar-refractivity contribution is -0.124. The van der Waals surface area contributed by atoms with Crippen molar-refractivity contribution in [3.63, 3.8) is 0 Å². The SMILES string of the molecule is CCN(Cc1ccco1)C(=O)C1=NN(c2ccccc2)[C@H](C(N)=O)C1. The van der Waals surface area contributed by atoms with E-state index in [0.29, 0.717) is 24.6 Å². The molecule has 1 aromatic heterocycles. The van der Waals surface area contributed by atoms with Crippen molar-refractivity contribution in [2.24, 2.45) is 10.8 Å². The summed E-state index contributed by atoms with van der Waals surface area (Å²) in [5, 5.41) is 5.91. The zero-order valence-corrected chi connectivity index (χ0v) is 14.0. The number of furan rings is 1. The van der Waals surface area contributed by atoms with Gasteiger partial charge in [-0.05, 0) is 31.2 Å². The van der Waals surface area contributed by atoms with Gasteiger partial charge in [0, 0.05) is 13.0 Å². The van der Waals surface area contributed by atoms with E-state index < -0.39 is 11.9 Å². The van der Waals surface area contributed by atoms with Crippen molar-refractivity contribution in [3.05, 3.63) is 54.5 Å². The van der Waals surface area contributed by atoms with E-state index in [9.17, 15) is 9.59 Å². The molecule has 2 amide bonds. The van der Waals surface area contributed by atoms with Gasteiger partial charge in [-0.2, -0.15) is 5.10 Å². The van der Waals surface area contributed by atoms with E-state index >= 15 is 0 Å². The van der Waals surface area contributed by atoms with Gasteiger partial charge in [0.05, 0.1) is 18.5 Å². The molecule has 1 aromatic carbocycles. The Morgan fingerprint density at radius 2 is 2.04 bits per heavy atom. The van der Waals surface area contributed by atoms with Crippen molar-refractivity contribution in [2.45, 2.75) is 25.9 Å². The average Bonchev–Trinajstić information content (AvgIpc) is 3.29. The molecule has 1 atom stereocenters. The standard InChI is InChI=1S/C18H20N4O3/c1-2-21(12-14-9-6-10-25-14)18(24)15-11-16(17(19)23)22(20-15)13-7-4-3-5-8-13/h3-10,16H,2,11-12H2,1H3,(H2,19,23)/t16-/m0/s1. The van der Waals surface area contributed by atoms with E-state index in [4.69, 9.17) is 10.2 Å². The second kappa shape index (κ2) is 7.21. The minimum atomic E-state index is -0.663. The van der Waals surface area contributed by atoms with Crippen LogP contribution in [0.2, 0.25) is 0 Å². The highest BCUT2D eigenvalue weighted by Gasteiger charge is 2.36. The monoisotopic (exact) mass is 340 g/mol. The molecule has 7 nitrogen and oxygen atoms in total. The number of carbonyl (C=O) groups excluding carboxylic acids is 2. The number of para-hydroxylation sites is 1. The van der Waals surface area contributed by atoms with Crippen LogP contribution in [0.15, 0.2) is 58.2 Å². The molecule has 1 aliphatic heterocycles. The van der Waals surface area contributed by atoms with Crippen LogP contribution in [0, 0.1) is 0 Å². The van der Waals surface area contributed by atoms with Crippen LogP contribution in [0.1, 0.15) is 19.1 Å². The first-order valence-electron chi connectivity index (χ1n) is 8.13. The van der Waals surface area contributed by atoms with Crippen molar-refractivity contribution < 1.29 is 14.0 Å². The van der Waals surface area contributed by atoms with Gasteiger partial charge in [-0.25, -0.2) is 0 Å². The van der Waals surface area contributed by atoms with Crippen LogP contribution >= 0.6 is 0 Å². The van der Waals surface area contributed by atoms with Crippen molar-refractivity contribution >= 4 is 23.2 Å². The minimum Gasteiger partial charge on any atom is -0.467 e. The summed E-state index contributed by atoms with van der Waals surface area (Å²) >= 11 is 0. The Morgan fingerprint density at radius 3 is 2.64 bits per heavy atom. The molecule has 2 heterocycles. The first-order chi connectivity index (χ1) is 12.1. The molecule has 130 valence electrons. The van der Waals surface area contributed by atoms with Crippen LogP contribution in [0.4, 0.5) is 5.69 Å². The molecule has 2 N–H and O–H groups in total. The fourth-order valence-corrected chi connectivity index (χ4v) is 2.78. The van der Waals surface area contributed by atoms with Crippen LogP contribution in [-0.4, -0.2) is 35.0 Å². The first kappa shape index (κ1) is 16.8. The van der Waals surface area contributed by atoms with Crippen LogP contribution in [0.3, 0.4) is 0 Å². The summed E-state index contributed by atoms with van der Waals surface area (Å²) in [4.78, 5) is 26.3. The number of nitrogens with zero attached hydrogens (tertiary/aromatic N) is 3. The largest absolute Gasteiger partial charge is 0.467 e. The second-order valence-corrected chi connectivity index (χ2v) is 5.75. The van der Waals surface area contributed by atoms with E-state index in [-0.39, 0.29) is 12.3 Å². The number of hydrogen-bond donors (Lipinski definition) is 1. The van der Waals surface area contributed by atoms with E-state index in [2.05, 4.69) is 5.10 Å². The summed E-state index contributed by atoms with van der Waals surface area (Å²) in [7, 11) is 0. The lowest BCUT2D eigenvalue weighted by Crippen LogP contribution is -2.40. The predicted octanol–water partition coefficient (Wildman–Crippen LogP) is 1.75. The van der Waals surface area contributed by atoms with Crippen LogP contribution < -0.4 is 10.7 Å². The Balaban J connectivity index is 1.83. The molecule has 2 aromatic rings. The van der Waals surface area contributed by atoms with Gasteiger partial charge in [-0.1, -0.05) is 18.2 Å². The first-order valence-corrected chi connectivity index (χ1v) is 8.13. The highest BCUT2D eigenvalue weighted by molar-refractivity contribution is 6.40. The Bertz CT molecular complexity index is 771. The quantitative estimate of drug-likeness (QED) is 0.867. The lowest BCUT2D eigenvalue weighted by Gasteiger charge is -2.20. The highest BCUT2D eigenvalue weighted by atomic mass is 16.3. The number of carbonyl (C=O) groups is 2. The zero-order valence-electron chi connectivity index (χ0n) is 14.0. The van der Waals surface area contributed by atoms with Gasteiger partial charge in [0.15, 0.2) is 0 Å². The Morgan fingerprint density at radius 1 is 1.28 bits per heavy atom. The maximum Gasteiger partial charge on any atom is 0.270 e. The smallest absolute Gasteiger partial charge is 0.270 e. The summed E-state index contributed by atoms with van der Waals surface area (Å²) < 4.78 is 5.31. The Hall–Kier alpha value is -3.09. The molecular formula is C18H20N4O3. The molecule has 0 spiro atoms. The van der Waals surface area contributed by atoms with E-state index in [1.807, 2.05) is 43.3 Å². The van der Waals surface area contributed by atoms with Crippen molar-refractivity contribution in [3.8, 4) is 0 Å².